The Hall–Kier alpha value is -6.46. The van der Waals surface area contributed by atoms with Gasteiger partial charge in [-0.1, -0.05) is 158 Å². The maximum absolute atomic E-state index is 8.55. The van der Waals surface area contributed by atoms with E-state index in [9.17, 15) is 0 Å². The monoisotopic (exact) mass is 636 g/mol. The second-order valence-electron chi connectivity index (χ2n) is 11.9. The molecule has 5 heteroatoms. The van der Waals surface area contributed by atoms with Crippen molar-refractivity contribution in [2.45, 2.75) is 13.1 Å². The molecular formula is C44H36N4O. The number of benzene rings is 6. The predicted octanol–water partition coefficient (Wildman–Crippen LogP) is 10.2. The Labute approximate surface area is 286 Å². The molecule has 6 aromatic carbocycles. The normalized spacial score (nSPS) is 10.8. The third-order valence-electron chi connectivity index (χ3n) is 8.58. The van der Waals surface area contributed by atoms with Crippen LogP contribution in [0.1, 0.15) is 22.3 Å². The Morgan fingerprint density at radius 1 is 0.367 bits per heavy atom. The first kappa shape index (κ1) is 31.2. The van der Waals surface area contributed by atoms with Crippen LogP contribution in [0.4, 0.5) is 0 Å². The minimum atomic E-state index is 0.375. The highest BCUT2D eigenvalue weighted by Crippen LogP contribution is 2.29. The van der Waals surface area contributed by atoms with Crippen LogP contribution in [-0.2, 0) is 13.1 Å². The van der Waals surface area contributed by atoms with Crippen LogP contribution >= 0.6 is 0 Å². The van der Waals surface area contributed by atoms with Crippen molar-refractivity contribution in [3.8, 4) is 44.9 Å². The van der Waals surface area contributed by atoms with Crippen molar-refractivity contribution in [1.29, 1.82) is 10.8 Å². The van der Waals surface area contributed by atoms with Crippen molar-refractivity contribution >= 4 is 11.7 Å². The van der Waals surface area contributed by atoms with Crippen molar-refractivity contribution < 1.29 is 4.42 Å². The predicted molar refractivity (Wildman–Crippen MR) is 201 cm³/mol. The maximum Gasteiger partial charge on any atom is 0.134 e. The standard InChI is InChI=1S/C44H36N4O/c45-43(47-29-31-11-15-35(16-12-31)33-7-3-1-4-8-33)39-23-19-37(20-24-39)41-27-28-42(49-41)38-21-25-40(26-22-38)44(46)48-30-32-13-17-36(18-14-32)34-9-5-2-6-10-34/h1-28H,29-30H2,(H2,45,47)(H2,46,48). The molecule has 238 valence electrons. The van der Waals surface area contributed by atoms with E-state index in [1.165, 1.54) is 22.3 Å². The summed E-state index contributed by atoms with van der Waals surface area (Å²) < 4.78 is 6.21. The molecule has 4 N–H and O–H groups in total. The van der Waals surface area contributed by atoms with E-state index in [1.54, 1.807) is 0 Å². The molecule has 0 aliphatic heterocycles. The molecule has 0 saturated carbocycles. The van der Waals surface area contributed by atoms with Crippen LogP contribution in [0, 0.1) is 10.8 Å². The SMILES string of the molecule is N=C(NCc1ccc(-c2ccccc2)cc1)c1ccc(-c2ccc(-c3ccc(C(=N)NCc4ccc(-c5ccccc5)cc4)cc3)o2)cc1. The molecule has 0 aliphatic carbocycles. The summed E-state index contributed by atoms with van der Waals surface area (Å²) in [5, 5.41) is 23.6. The van der Waals surface area contributed by atoms with Crippen LogP contribution in [0.3, 0.4) is 0 Å². The van der Waals surface area contributed by atoms with Gasteiger partial charge in [-0.2, -0.15) is 0 Å². The molecule has 0 fully saturated rings. The minimum absolute atomic E-state index is 0.375. The van der Waals surface area contributed by atoms with Gasteiger partial charge in [-0.15, -0.1) is 0 Å². The Morgan fingerprint density at radius 2 is 0.694 bits per heavy atom. The van der Waals surface area contributed by atoms with Gasteiger partial charge in [0.15, 0.2) is 0 Å². The molecule has 5 nitrogen and oxygen atoms in total. The molecule has 49 heavy (non-hydrogen) atoms. The summed E-state index contributed by atoms with van der Waals surface area (Å²) in [6, 6.07) is 57.1. The molecule has 0 saturated heterocycles. The highest BCUT2D eigenvalue weighted by atomic mass is 16.3. The summed E-state index contributed by atoms with van der Waals surface area (Å²) in [6.07, 6.45) is 0. The molecule has 0 atom stereocenters. The Bertz CT molecular complexity index is 1990. The van der Waals surface area contributed by atoms with Gasteiger partial charge < -0.3 is 15.1 Å². The molecule has 0 spiro atoms. The molecule has 7 rings (SSSR count). The second kappa shape index (κ2) is 14.5. The third-order valence-corrected chi connectivity index (χ3v) is 8.58. The summed E-state index contributed by atoms with van der Waals surface area (Å²) >= 11 is 0. The Morgan fingerprint density at radius 3 is 1.06 bits per heavy atom. The number of hydrogen-bond acceptors (Lipinski definition) is 3. The first-order valence-corrected chi connectivity index (χ1v) is 16.3. The van der Waals surface area contributed by atoms with Gasteiger partial charge in [0, 0.05) is 35.3 Å². The summed E-state index contributed by atoms with van der Waals surface area (Å²) in [4.78, 5) is 0. The van der Waals surface area contributed by atoms with E-state index >= 15 is 0 Å². The molecule has 7 aromatic rings. The highest BCUT2D eigenvalue weighted by Gasteiger charge is 2.10. The summed E-state index contributed by atoms with van der Waals surface area (Å²) in [5.74, 6) is 2.27. The topological polar surface area (TPSA) is 84.9 Å². The van der Waals surface area contributed by atoms with Gasteiger partial charge in [-0.25, -0.2) is 0 Å². The van der Waals surface area contributed by atoms with Gasteiger partial charge in [-0.3, -0.25) is 10.8 Å². The van der Waals surface area contributed by atoms with E-state index in [-0.39, 0.29) is 0 Å². The van der Waals surface area contributed by atoms with E-state index < -0.39 is 0 Å². The maximum atomic E-state index is 8.55. The van der Waals surface area contributed by atoms with Crippen LogP contribution in [0.15, 0.2) is 174 Å². The zero-order valence-electron chi connectivity index (χ0n) is 27.0. The molecule has 1 heterocycles. The minimum Gasteiger partial charge on any atom is -0.456 e. The van der Waals surface area contributed by atoms with Crippen LogP contribution in [0.2, 0.25) is 0 Å². The first-order chi connectivity index (χ1) is 24.1. The van der Waals surface area contributed by atoms with E-state index in [1.807, 2.05) is 97.1 Å². The smallest absolute Gasteiger partial charge is 0.134 e. The van der Waals surface area contributed by atoms with E-state index in [2.05, 4.69) is 83.4 Å². The van der Waals surface area contributed by atoms with E-state index in [0.717, 1.165) is 44.9 Å². The zero-order valence-corrected chi connectivity index (χ0v) is 27.0. The lowest BCUT2D eigenvalue weighted by Crippen LogP contribution is -2.22. The molecule has 1 aromatic heterocycles. The van der Waals surface area contributed by atoms with Gasteiger partial charge in [-0.05, 0) is 45.5 Å². The van der Waals surface area contributed by atoms with Gasteiger partial charge in [0.2, 0.25) is 0 Å². The number of hydrogen-bond donors (Lipinski definition) is 4. The quantitative estimate of drug-likeness (QED) is 0.0890. The van der Waals surface area contributed by atoms with Crippen molar-refractivity contribution in [3.63, 3.8) is 0 Å². The third kappa shape index (κ3) is 7.58. The average molecular weight is 637 g/mol. The van der Waals surface area contributed by atoms with E-state index in [4.69, 9.17) is 15.2 Å². The van der Waals surface area contributed by atoms with Gasteiger partial charge in [0.25, 0.3) is 0 Å². The van der Waals surface area contributed by atoms with Crippen molar-refractivity contribution in [1.82, 2.24) is 10.6 Å². The largest absolute Gasteiger partial charge is 0.456 e. The zero-order chi connectivity index (χ0) is 33.4. The van der Waals surface area contributed by atoms with Crippen LogP contribution < -0.4 is 10.6 Å². The lowest BCUT2D eigenvalue weighted by molar-refractivity contribution is 0.597. The van der Waals surface area contributed by atoms with Crippen molar-refractivity contribution in [2.75, 3.05) is 0 Å². The summed E-state index contributed by atoms with van der Waals surface area (Å²) in [7, 11) is 0. The number of amidine groups is 2. The number of rotatable bonds is 10. The molecule has 0 amide bonds. The molecule has 0 aliphatic rings. The molecule has 0 bridgehead atoms. The lowest BCUT2D eigenvalue weighted by Gasteiger charge is -2.10. The second-order valence-corrected chi connectivity index (χ2v) is 11.9. The number of furan rings is 1. The van der Waals surface area contributed by atoms with Crippen LogP contribution in [0.5, 0.6) is 0 Å². The molecule has 0 unspecified atom stereocenters. The Kier molecular flexibility index (Phi) is 9.24. The van der Waals surface area contributed by atoms with Gasteiger partial charge in [0.1, 0.15) is 23.2 Å². The van der Waals surface area contributed by atoms with E-state index in [0.29, 0.717) is 24.8 Å². The fraction of sp³-hybridized carbons (Fsp3) is 0.0455. The van der Waals surface area contributed by atoms with Gasteiger partial charge >= 0.3 is 0 Å². The summed E-state index contributed by atoms with van der Waals surface area (Å²) in [6.45, 7) is 1.16. The number of nitrogens with one attached hydrogen (secondary N) is 4. The van der Waals surface area contributed by atoms with Crippen LogP contribution in [-0.4, -0.2) is 11.7 Å². The molecule has 0 radical (unpaired) electrons. The molecular weight excluding hydrogens is 601 g/mol. The Balaban J connectivity index is 0.912. The van der Waals surface area contributed by atoms with Crippen LogP contribution in [0.25, 0.3) is 44.9 Å². The first-order valence-electron chi connectivity index (χ1n) is 16.3. The average Bonchev–Trinajstić information content (AvgIpc) is 3.68. The van der Waals surface area contributed by atoms with Crippen molar-refractivity contribution in [2.24, 2.45) is 0 Å². The fourth-order valence-electron chi connectivity index (χ4n) is 5.73. The fourth-order valence-corrected chi connectivity index (χ4v) is 5.73. The van der Waals surface area contributed by atoms with Crippen molar-refractivity contribution in [3.05, 3.63) is 192 Å². The van der Waals surface area contributed by atoms with Gasteiger partial charge in [0.05, 0.1) is 0 Å². The lowest BCUT2D eigenvalue weighted by atomic mass is 10.0. The summed E-state index contributed by atoms with van der Waals surface area (Å²) in [5.41, 5.74) is 10.5. The highest BCUT2D eigenvalue weighted by molar-refractivity contribution is 5.97.